The van der Waals surface area contributed by atoms with Crippen molar-refractivity contribution in [1.82, 2.24) is 9.97 Å². The molecule has 0 fully saturated rings. The van der Waals surface area contributed by atoms with E-state index in [0.717, 1.165) is 21.1 Å². The lowest BCUT2D eigenvalue weighted by atomic mass is 10.2. The standard InChI is InChI=1S/C15H12BrN3O/c1-9-6-7-10(16)8-13(9)20-15-14(17)18-11-4-2-3-5-12(11)19-15/h2-8H,1H3,(H2,17,18). The predicted molar refractivity (Wildman–Crippen MR) is 82.9 cm³/mol. The highest BCUT2D eigenvalue weighted by atomic mass is 79.9. The maximum atomic E-state index is 5.91. The van der Waals surface area contributed by atoms with Crippen molar-refractivity contribution in [2.75, 3.05) is 5.73 Å². The van der Waals surface area contributed by atoms with Gasteiger partial charge in [-0.25, -0.2) is 9.97 Å². The number of halogens is 1. The molecule has 2 N–H and O–H groups in total. The minimum Gasteiger partial charge on any atom is -0.436 e. The molecule has 0 aliphatic rings. The van der Waals surface area contributed by atoms with Crippen molar-refractivity contribution in [3.8, 4) is 11.6 Å². The summed E-state index contributed by atoms with van der Waals surface area (Å²) in [5.74, 6) is 1.31. The Labute approximate surface area is 124 Å². The van der Waals surface area contributed by atoms with E-state index in [-0.39, 0.29) is 5.82 Å². The Morgan fingerprint density at radius 1 is 1.05 bits per heavy atom. The number of hydrogen-bond acceptors (Lipinski definition) is 4. The second kappa shape index (κ2) is 5.09. The third kappa shape index (κ3) is 2.44. The van der Waals surface area contributed by atoms with E-state index >= 15 is 0 Å². The second-order valence-electron chi connectivity index (χ2n) is 4.41. The number of nitrogens with zero attached hydrogens (tertiary/aromatic N) is 2. The van der Waals surface area contributed by atoms with Gasteiger partial charge in [-0.2, -0.15) is 0 Å². The lowest BCUT2D eigenvalue weighted by Crippen LogP contribution is -1.99. The molecule has 0 aliphatic heterocycles. The van der Waals surface area contributed by atoms with Gasteiger partial charge in [-0.15, -0.1) is 0 Å². The van der Waals surface area contributed by atoms with Crippen LogP contribution in [0.5, 0.6) is 11.6 Å². The largest absolute Gasteiger partial charge is 0.436 e. The number of ether oxygens (including phenoxy) is 1. The van der Waals surface area contributed by atoms with Crippen LogP contribution in [0.1, 0.15) is 5.56 Å². The summed E-state index contributed by atoms with van der Waals surface area (Å²) in [6.07, 6.45) is 0. The van der Waals surface area contributed by atoms with E-state index in [1.165, 1.54) is 0 Å². The highest BCUT2D eigenvalue weighted by Crippen LogP contribution is 2.30. The number of hydrogen-bond donors (Lipinski definition) is 1. The van der Waals surface area contributed by atoms with E-state index in [0.29, 0.717) is 11.6 Å². The predicted octanol–water partition coefficient (Wildman–Crippen LogP) is 4.08. The Hall–Kier alpha value is -2.14. The molecule has 0 aliphatic carbocycles. The molecule has 1 aromatic heterocycles. The zero-order chi connectivity index (χ0) is 14.1. The Kier molecular flexibility index (Phi) is 3.28. The first kappa shape index (κ1) is 12.9. The van der Waals surface area contributed by atoms with Crippen LogP contribution in [-0.2, 0) is 0 Å². The zero-order valence-corrected chi connectivity index (χ0v) is 12.4. The summed E-state index contributed by atoms with van der Waals surface area (Å²) < 4.78 is 6.74. The molecule has 20 heavy (non-hydrogen) atoms. The maximum absolute atomic E-state index is 5.91. The van der Waals surface area contributed by atoms with Gasteiger partial charge in [-0.05, 0) is 36.8 Å². The molecular weight excluding hydrogens is 318 g/mol. The molecule has 5 heteroatoms. The quantitative estimate of drug-likeness (QED) is 0.769. The molecule has 4 nitrogen and oxygen atoms in total. The normalized spacial score (nSPS) is 10.7. The van der Waals surface area contributed by atoms with Crippen molar-refractivity contribution in [1.29, 1.82) is 0 Å². The van der Waals surface area contributed by atoms with Gasteiger partial charge in [-0.3, -0.25) is 0 Å². The van der Waals surface area contributed by atoms with Gasteiger partial charge in [0.05, 0.1) is 11.0 Å². The summed E-state index contributed by atoms with van der Waals surface area (Å²) in [7, 11) is 0. The van der Waals surface area contributed by atoms with Crippen molar-refractivity contribution >= 4 is 32.8 Å². The number of anilines is 1. The Balaban J connectivity index is 2.06. The summed E-state index contributed by atoms with van der Waals surface area (Å²) in [5, 5.41) is 0. The van der Waals surface area contributed by atoms with Gasteiger partial charge in [0.2, 0.25) is 0 Å². The van der Waals surface area contributed by atoms with Gasteiger partial charge in [0, 0.05) is 4.47 Å². The van der Waals surface area contributed by atoms with Crippen molar-refractivity contribution in [3.63, 3.8) is 0 Å². The third-order valence-electron chi connectivity index (χ3n) is 2.92. The highest BCUT2D eigenvalue weighted by molar-refractivity contribution is 9.10. The van der Waals surface area contributed by atoms with Crippen LogP contribution < -0.4 is 10.5 Å². The van der Waals surface area contributed by atoms with Crippen molar-refractivity contribution < 1.29 is 4.74 Å². The van der Waals surface area contributed by atoms with E-state index in [1.807, 2.05) is 49.4 Å². The molecule has 100 valence electrons. The molecule has 0 atom stereocenters. The van der Waals surface area contributed by atoms with Gasteiger partial charge in [0.25, 0.3) is 5.88 Å². The van der Waals surface area contributed by atoms with Crippen molar-refractivity contribution in [2.24, 2.45) is 0 Å². The molecule has 0 radical (unpaired) electrons. The van der Waals surface area contributed by atoms with E-state index in [4.69, 9.17) is 10.5 Å². The van der Waals surface area contributed by atoms with Gasteiger partial charge < -0.3 is 10.5 Å². The fraction of sp³-hybridized carbons (Fsp3) is 0.0667. The Morgan fingerprint density at radius 3 is 2.50 bits per heavy atom. The van der Waals surface area contributed by atoms with Gasteiger partial charge >= 0.3 is 0 Å². The summed E-state index contributed by atoms with van der Waals surface area (Å²) in [6.45, 7) is 1.96. The van der Waals surface area contributed by atoms with Crippen molar-refractivity contribution in [2.45, 2.75) is 6.92 Å². The first-order valence-corrected chi connectivity index (χ1v) is 6.89. The Morgan fingerprint density at radius 2 is 1.75 bits per heavy atom. The molecular formula is C15H12BrN3O. The molecule has 3 aromatic rings. The van der Waals surface area contributed by atoms with Gasteiger partial charge in [0.15, 0.2) is 5.82 Å². The van der Waals surface area contributed by atoms with Crippen LogP contribution in [0.2, 0.25) is 0 Å². The minimum atomic E-state index is 0.281. The summed E-state index contributed by atoms with van der Waals surface area (Å²) >= 11 is 3.42. The van der Waals surface area contributed by atoms with E-state index in [9.17, 15) is 0 Å². The van der Waals surface area contributed by atoms with Crippen LogP contribution in [0.4, 0.5) is 5.82 Å². The third-order valence-corrected chi connectivity index (χ3v) is 3.41. The van der Waals surface area contributed by atoms with Gasteiger partial charge in [-0.1, -0.05) is 34.1 Å². The van der Waals surface area contributed by atoms with Crippen LogP contribution in [0.25, 0.3) is 11.0 Å². The Bertz CT molecular complexity index is 789. The van der Waals surface area contributed by atoms with E-state index in [2.05, 4.69) is 25.9 Å². The van der Waals surface area contributed by atoms with Crippen LogP contribution >= 0.6 is 15.9 Å². The van der Waals surface area contributed by atoms with Crippen LogP contribution in [0.15, 0.2) is 46.9 Å². The molecule has 0 saturated heterocycles. The SMILES string of the molecule is Cc1ccc(Br)cc1Oc1nc2ccccc2nc1N. The first-order valence-electron chi connectivity index (χ1n) is 6.10. The molecule has 0 spiro atoms. The number of aryl methyl sites for hydroxylation is 1. The monoisotopic (exact) mass is 329 g/mol. The fourth-order valence-corrected chi connectivity index (χ4v) is 2.20. The number of nitrogens with two attached hydrogens (primary N) is 1. The fourth-order valence-electron chi connectivity index (χ4n) is 1.86. The molecule has 2 aromatic carbocycles. The average Bonchev–Trinajstić information content (AvgIpc) is 2.43. The van der Waals surface area contributed by atoms with Crippen LogP contribution in [0.3, 0.4) is 0 Å². The average molecular weight is 330 g/mol. The first-order chi connectivity index (χ1) is 9.63. The minimum absolute atomic E-state index is 0.281. The zero-order valence-electron chi connectivity index (χ0n) is 10.8. The lowest BCUT2D eigenvalue weighted by Gasteiger charge is -2.10. The highest BCUT2D eigenvalue weighted by Gasteiger charge is 2.10. The van der Waals surface area contributed by atoms with Crippen molar-refractivity contribution in [3.05, 3.63) is 52.5 Å². The molecule has 0 saturated carbocycles. The smallest absolute Gasteiger partial charge is 0.263 e. The number of benzene rings is 2. The van der Waals surface area contributed by atoms with Gasteiger partial charge in [0.1, 0.15) is 5.75 Å². The molecule has 1 heterocycles. The van der Waals surface area contributed by atoms with Crippen LogP contribution in [-0.4, -0.2) is 9.97 Å². The summed E-state index contributed by atoms with van der Waals surface area (Å²) in [6, 6.07) is 13.3. The maximum Gasteiger partial charge on any atom is 0.263 e. The topological polar surface area (TPSA) is 61.0 Å². The lowest BCUT2D eigenvalue weighted by molar-refractivity contribution is 0.462. The number of para-hydroxylation sites is 2. The second-order valence-corrected chi connectivity index (χ2v) is 5.33. The number of nitrogen functional groups attached to an aromatic ring is 1. The molecule has 3 rings (SSSR count). The molecule has 0 bridgehead atoms. The van der Waals surface area contributed by atoms with E-state index < -0.39 is 0 Å². The number of aromatic nitrogens is 2. The summed E-state index contributed by atoms with van der Waals surface area (Å²) in [4.78, 5) is 8.72. The summed E-state index contributed by atoms with van der Waals surface area (Å²) in [5.41, 5.74) is 8.42. The molecule has 0 amide bonds. The number of rotatable bonds is 2. The number of fused-ring (bicyclic) bond motifs is 1. The molecule has 0 unspecified atom stereocenters. The van der Waals surface area contributed by atoms with E-state index in [1.54, 1.807) is 0 Å². The van der Waals surface area contributed by atoms with Crippen LogP contribution in [0, 0.1) is 6.92 Å².